The highest BCUT2D eigenvalue weighted by Crippen LogP contribution is 2.17. The summed E-state index contributed by atoms with van der Waals surface area (Å²) >= 11 is 1.68. The van der Waals surface area contributed by atoms with E-state index >= 15 is 0 Å². The number of nitrogens with zero attached hydrogens (tertiary/aromatic N) is 1. The molecule has 2 rings (SSSR count). The molecule has 0 fully saturated rings. The maximum Gasteiger partial charge on any atom is 0.156 e. The molecule has 0 atom stereocenters. The summed E-state index contributed by atoms with van der Waals surface area (Å²) in [6.07, 6.45) is 7.67. The first-order valence-electron chi connectivity index (χ1n) is 6.96. The SMILES string of the molecule is CCCCc1ncc(/C=C(\Cc2cccs2)C(C)=O)[nH]1. The van der Waals surface area contributed by atoms with Crippen molar-refractivity contribution in [3.05, 3.63) is 45.7 Å². The molecule has 0 saturated carbocycles. The van der Waals surface area contributed by atoms with Crippen molar-refractivity contribution in [1.29, 1.82) is 0 Å². The Kier molecular flexibility index (Phi) is 5.30. The van der Waals surface area contributed by atoms with E-state index in [1.165, 1.54) is 4.88 Å². The number of nitrogens with one attached hydrogen (secondary N) is 1. The largest absolute Gasteiger partial charge is 0.342 e. The molecule has 0 aromatic carbocycles. The molecule has 0 aliphatic rings. The first kappa shape index (κ1) is 14.7. The molecule has 0 unspecified atom stereocenters. The highest BCUT2D eigenvalue weighted by Gasteiger charge is 2.07. The third-order valence-electron chi connectivity index (χ3n) is 3.14. The normalized spacial score (nSPS) is 11.8. The molecule has 0 amide bonds. The fourth-order valence-electron chi connectivity index (χ4n) is 1.99. The second-order valence-electron chi connectivity index (χ2n) is 4.87. The topological polar surface area (TPSA) is 45.8 Å². The fraction of sp³-hybridized carbons (Fsp3) is 0.375. The first-order valence-corrected chi connectivity index (χ1v) is 7.84. The molecule has 0 aliphatic heterocycles. The number of Topliss-reactive ketones (excluding diaryl/α,β-unsaturated/α-hetero) is 1. The Morgan fingerprint density at radius 2 is 2.35 bits per heavy atom. The molecule has 2 aromatic rings. The molecule has 4 heteroatoms. The molecular weight excluding hydrogens is 268 g/mol. The van der Waals surface area contributed by atoms with Crippen LogP contribution in [0.15, 0.2) is 29.3 Å². The minimum absolute atomic E-state index is 0.114. The van der Waals surface area contributed by atoms with Crippen LogP contribution in [-0.4, -0.2) is 15.8 Å². The van der Waals surface area contributed by atoms with Crippen molar-refractivity contribution < 1.29 is 4.79 Å². The van der Waals surface area contributed by atoms with E-state index in [-0.39, 0.29) is 5.78 Å². The number of unbranched alkanes of at least 4 members (excludes halogenated alkanes) is 1. The zero-order valence-electron chi connectivity index (χ0n) is 12.0. The number of H-pyrrole nitrogens is 1. The van der Waals surface area contributed by atoms with Crippen molar-refractivity contribution in [2.45, 2.75) is 39.5 Å². The molecule has 1 N–H and O–H groups in total. The number of aryl methyl sites for hydroxylation is 1. The number of carbonyl (C=O) groups excluding carboxylic acids is 1. The van der Waals surface area contributed by atoms with Gasteiger partial charge in [0.2, 0.25) is 0 Å². The number of rotatable bonds is 7. The Morgan fingerprint density at radius 1 is 1.50 bits per heavy atom. The number of thiophene rings is 1. The number of imidazole rings is 1. The van der Waals surface area contributed by atoms with Crippen molar-refractivity contribution in [3.63, 3.8) is 0 Å². The van der Waals surface area contributed by atoms with Gasteiger partial charge in [0.15, 0.2) is 5.78 Å². The third kappa shape index (κ3) is 4.17. The van der Waals surface area contributed by atoms with Gasteiger partial charge in [0, 0.05) is 23.3 Å². The molecule has 0 saturated heterocycles. The zero-order chi connectivity index (χ0) is 14.4. The molecule has 0 radical (unpaired) electrons. The van der Waals surface area contributed by atoms with Crippen LogP contribution >= 0.6 is 11.3 Å². The number of hydrogen-bond donors (Lipinski definition) is 1. The van der Waals surface area contributed by atoms with Gasteiger partial charge in [0.25, 0.3) is 0 Å². The van der Waals surface area contributed by atoms with Gasteiger partial charge in [-0.1, -0.05) is 19.4 Å². The molecule has 2 aromatic heterocycles. The maximum absolute atomic E-state index is 11.8. The van der Waals surface area contributed by atoms with Crippen LogP contribution in [0.1, 0.15) is 43.1 Å². The Balaban J connectivity index is 2.12. The first-order chi connectivity index (χ1) is 9.69. The van der Waals surface area contributed by atoms with E-state index in [1.54, 1.807) is 18.3 Å². The third-order valence-corrected chi connectivity index (χ3v) is 4.02. The molecular formula is C16H20N2OS. The van der Waals surface area contributed by atoms with Gasteiger partial charge in [-0.25, -0.2) is 4.98 Å². The average molecular weight is 288 g/mol. The summed E-state index contributed by atoms with van der Waals surface area (Å²) in [5, 5.41) is 2.03. The predicted molar refractivity (Wildman–Crippen MR) is 83.9 cm³/mol. The number of allylic oxidation sites excluding steroid dienone is 1. The van der Waals surface area contributed by atoms with Crippen LogP contribution < -0.4 is 0 Å². The fourth-order valence-corrected chi connectivity index (χ4v) is 2.72. The zero-order valence-corrected chi connectivity index (χ0v) is 12.8. The van der Waals surface area contributed by atoms with Crippen molar-refractivity contribution in [3.8, 4) is 0 Å². The molecule has 3 nitrogen and oxygen atoms in total. The van der Waals surface area contributed by atoms with Gasteiger partial charge in [-0.2, -0.15) is 0 Å². The lowest BCUT2D eigenvalue weighted by Crippen LogP contribution is -1.99. The minimum atomic E-state index is 0.114. The molecule has 0 aliphatic carbocycles. The van der Waals surface area contributed by atoms with Gasteiger partial charge < -0.3 is 4.98 Å². The van der Waals surface area contributed by atoms with Crippen LogP contribution in [-0.2, 0) is 17.6 Å². The van der Waals surface area contributed by atoms with Gasteiger partial charge in [-0.05, 0) is 30.9 Å². The molecule has 106 valence electrons. The Morgan fingerprint density at radius 3 is 3.00 bits per heavy atom. The van der Waals surface area contributed by atoms with Crippen LogP contribution in [0.3, 0.4) is 0 Å². The van der Waals surface area contributed by atoms with Crippen molar-refractivity contribution >= 4 is 23.2 Å². The lowest BCUT2D eigenvalue weighted by Gasteiger charge is -2.01. The van der Waals surface area contributed by atoms with Gasteiger partial charge in [-0.3, -0.25) is 4.79 Å². The average Bonchev–Trinajstić information content (AvgIpc) is 3.07. The number of hydrogen-bond acceptors (Lipinski definition) is 3. The summed E-state index contributed by atoms with van der Waals surface area (Å²) in [4.78, 5) is 20.6. The van der Waals surface area contributed by atoms with Crippen LogP contribution in [0, 0.1) is 0 Å². The summed E-state index contributed by atoms with van der Waals surface area (Å²) in [5.74, 6) is 1.11. The summed E-state index contributed by atoms with van der Waals surface area (Å²) < 4.78 is 0. The Labute approximate surface area is 123 Å². The lowest BCUT2D eigenvalue weighted by molar-refractivity contribution is -0.113. The molecule has 0 spiro atoms. The van der Waals surface area contributed by atoms with Crippen molar-refractivity contribution in [1.82, 2.24) is 9.97 Å². The van der Waals surface area contributed by atoms with E-state index in [0.717, 1.165) is 36.4 Å². The number of carbonyl (C=O) groups is 1. The summed E-state index contributed by atoms with van der Waals surface area (Å²) in [6.45, 7) is 3.78. The number of aromatic nitrogens is 2. The Hall–Kier alpha value is -1.68. The van der Waals surface area contributed by atoms with E-state index in [2.05, 4.69) is 23.0 Å². The van der Waals surface area contributed by atoms with Crippen LogP contribution in [0.4, 0.5) is 0 Å². The predicted octanol–water partition coefficient (Wildman–Crippen LogP) is 4.03. The quantitative estimate of drug-likeness (QED) is 0.782. The second-order valence-corrected chi connectivity index (χ2v) is 5.90. The van der Waals surface area contributed by atoms with Crippen molar-refractivity contribution in [2.75, 3.05) is 0 Å². The van der Waals surface area contributed by atoms with Crippen LogP contribution in [0.2, 0.25) is 0 Å². The molecule has 0 bridgehead atoms. The number of ketones is 1. The molecule has 2 heterocycles. The van der Waals surface area contributed by atoms with Crippen molar-refractivity contribution in [2.24, 2.45) is 0 Å². The van der Waals surface area contributed by atoms with Gasteiger partial charge in [0.1, 0.15) is 5.82 Å². The van der Waals surface area contributed by atoms with E-state index < -0.39 is 0 Å². The minimum Gasteiger partial charge on any atom is -0.342 e. The van der Waals surface area contributed by atoms with Gasteiger partial charge in [-0.15, -0.1) is 11.3 Å². The lowest BCUT2D eigenvalue weighted by atomic mass is 10.1. The maximum atomic E-state index is 11.8. The van der Waals surface area contributed by atoms with Crippen LogP contribution in [0.25, 0.3) is 6.08 Å². The van der Waals surface area contributed by atoms with E-state index in [0.29, 0.717) is 6.42 Å². The van der Waals surface area contributed by atoms with E-state index in [1.807, 2.05) is 23.7 Å². The smallest absolute Gasteiger partial charge is 0.156 e. The summed E-state index contributed by atoms with van der Waals surface area (Å²) in [7, 11) is 0. The second kappa shape index (κ2) is 7.20. The van der Waals surface area contributed by atoms with Gasteiger partial charge in [0.05, 0.1) is 11.9 Å². The molecule has 20 heavy (non-hydrogen) atoms. The summed E-state index contributed by atoms with van der Waals surface area (Å²) in [5.41, 5.74) is 1.73. The van der Waals surface area contributed by atoms with Crippen LogP contribution in [0.5, 0.6) is 0 Å². The van der Waals surface area contributed by atoms with E-state index in [9.17, 15) is 4.79 Å². The standard InChI is InChI=1S/C16H20N2OS/c1-3-4-7-16-17-11-14(18-16)9-13(12(2)19)10-15-6-5-8-20-15/h5-6,8-9,11H,3-4,7,10H2,1-2H3,(H,17,18)/b13-9+. The Bertz CT molecular complexity index is 581. The summed E-state index contributed by atoms with van der Waals surface area (Å²) in [6, 6.07) is 4.07. The van der Waals surface area contributed by atoms with Gasteiger partial charge >= 0.3 is 0 Å². The highest BCUT2D eigenvalue weighted by molar-refractivity contribution is 7.09. The monoisotopic (exact) mass is 288 g/mol. The highest BCUT2D eigenvalue weighted by atomic mass is 32.1. The number of aromatic amines is 1. The van der Waals surface area contributed by atoms with E-state index in [4.69, 9.17) is 0 Å².